The van der Waals surface area contributed by atoms with E-state index in [1.165, 1.54) is 0 Å². The number of hydrogen-bond acceptors (Lipinski definition) is 4. The van der Waals surface area contributed by atoms with Gasteiger partial charge >= 0.3 is 0 Å². The zero-order valence-electron chi connectivity index (χ0n) is 12.0. The molecule has 0 spiro atoms. The van der Waals surface area contributed by atoms with Crippen LogP contribution in [0.1, 0.15) is 33.1 Å². The van der Waals surface area contributed by atoms with Crippen molar-refractivity contribution < 1.29 is 4.74 Å². The van der Waals surface area contributed by atoms with Crippen LogP contribution >= 0.6 is 0 Å². The van der Waals surface area contributed by atoms with Crippen LogP contribution in [0.15, 0.2) is 24.6 Å². The minimum Gasteiger partial charge on any atom is -0.491 e. The number of unbranched alkanes of at least 4 members (excludes halogenated alkanes) is 1. The van der Waals surface area contributed by atoms with Gasteiger partial charge in [-0.2, -0.15) is 0 Å². The Bertz CT molecular complexity index is 249. The van der Waals surface area contributed by atoms with Crippen LogP contribution in [0.3, 0.4) is 0 Å². The molecule has 0 saturated carbocycles. The number of likely N-dealkylation sites (N-methyl/N-ethyl adjacent to an activating group) is 1. The van der Waals surface area contributed by atoms with Crippen molar-refractivity contribution in [1.82, 2.24) is 4.90 Å². The summed E-state index contributed by atoms with van der Waals surface area (Å²) in [6.07, 6.45) is 2.87. The fraction of sp³-hybridized carbons (Fsp3) is 0.714. The molecule has 0 unspecified atom stereocenters. The summed E-state index contributed by atoms with van der Waals surface area (Å²) in [4.78, 5) is 2.16. The third-order valence-corrected chi connectivity index (χ3v) is 3.02. The molecule has 4 nitrogen and oxygen atoms in total. The van der Waals surface area contributed by atoms with E-state index in [9.17, 15) is 0 Å². The molecule has 18 heavy (non-hydrogen) atoms. The Kier molecular flexibility index (Phi) is 9.42. The first-order valence-corrected chi connectivity index (χ1v) is 6.76. The molecule has 0 aliphatic carbocycles. The lowest BCUT2D eigenvalue weighted by Crippen LogP contribution is -2.27. The third kappa shape index (κ3) is 6.67. The third-order valence-electron chi connectivity index (χ3n) is 3.02. The Morgan fingerprint density at radius 1 is 1.22 bits per heavy atom. The molecule has 0 saturated heterocycles. The number of rotatable bonds is 11. The maximum atomic E-state index is 5.98. The molecule has 0 aromatic heterocycles. The van der Waals surface area contributed by atoms with Crippen molar-refractivity contribution in [3.8, 4) is 0 Å². The molecule has 0 bridgehead atoms. The monoisotopic (exact) mass is 255 g/mol. The molecule has 0 aliphatic rings. The zero-order chi connectivity index (χ0) is 14.0. The summed E-state index contributed by atoms with van der Waals surface area (Å²) in [7, 11) is 0. The lowest BCUT2D eigenvalue weighted by atomic mass is 10.1. The Morgan fingerprint density at radius 3 is 2.33 bits per heavy atom. The highest BCUT2D eigenvalue weighted by Gasteiger charge is 2.10. The smallest absolute Gasteiger partial charge is 0.127 e. The van der Waals surface area contributed by atoms with Crippen molar-refractivity contribution in [2.75, 3.05) is 26.2 Å². The van der Waals surface area contributed by atoms with Crippen molar-refractivity contribution in [3.63, 3.8) is 0 Å². The SMILES string of the molecule is C=C(OCC(=C)N(CC)CC)[C@@H](N)CCCCN. The van der Waals surface area contributed by atoms with Crippen LogP contribution in [0.5, 0.6) is 0 Å². The first-order chi connectivity index (χ1) is 8.56. The van der Waals surface area contributed by atoms with Gasteiger partial charge in [0, 0.05) is 18.8 Å². The second-order valence-corrected chi connectivity index (χ2v) is 4.38. The lowest BCUT2D eigenvalue weighted by molar-refractivity contribution is 0.188. The minimum atomic E-state index is -0.110. The summed E-state index contributed by atoms with van der Waals surface area (Å²) < 4.78 is 5.59. The largest absolute Gasteiger partial charge is 0.491 e. The van der Waals surface area contributed by atoms with Crippen molar-refractivity contribution in [3.05, 3.63) is 24.6 Å². The van der Waals surface area contributed by atoms with E-state index in [0.29, 0.717) is 18.9 Å². The van der Waals surface area contributed by atoms with Gasteiger partial charge in [0.25, 0.3) is 0 Å². The average molecular weight is 255 g/mol. The fourth-order valence-electron chi connectivity index (χ4n) is 1.71. The number of ether oxygens (including phenoxy) is 1. The Morgan fingerprint density at radius 2 is 1.83 bits per heavy atom. The van der Waals surface area contributed by atoms with Crippen LogP contribution in [0.2, 0.25) is 0 Å². The molecule has 0 aliphatic heterocycles. The van der Waals surface area contributed by atoms with E-state index in [0.717, 1.165) is 38.0 Å². The van der Waals surface area contributed by atoms with E-state index in [1.54, 1.807) is 0 Å². The van der Waals surface area contributed by atoms with Gasteiger partial charge in [0.15, 0.2) is 0 Å². The molecule has 0 heterocycles. The van der Waals surface area contributed by atoms with Crippen LogP contribution in [0, 0.1) is 0 Å². The van der Waals surface area contributed by atoms with Crippen molar-refractivity contribution >= 4 is 0 Å². The molecule has 0 radical (unpaired) electrons. The second-order valence-electron chi connectivity index (χ2n) is 4.38. The second kappa shape index (κ2) is 9.97. The van der Waals surface area contributed by atoms with Crippen molar-refractivity contribution in [1.29, 1.82) is 0 Å². The summed E-state index contributed by atoms with van der Waals surface area (Å²) >= 11 is 0. The number of hydrogen-bond donors (Lipinski definition) is 2. The number of nitrogens with two attached hydrogens (primary N) is 2. The predicted octanol–water partition coefficient (Wildman–Crippen LogP) is 1.83. The van der Waals surface area contributed by atoms with Crippen molar-refractivity contribution in [2.45, 2.75) is 39.2 Å². The van der Waals surface area contributed by atoms with E-state index < -0.39 is 0 Å². The highest BCUT2D eigenvalue weighted by molar-refractivity contribution is 4.99. The van der Waals surface area contributed by atoms with E-state index in [-0.39, 0.29) is 6.04 Å². The molecule has 106 valence electrons. The predicted molar refractivity (Wildman–Crippen MR) is 78.0 cm³/mol. The van der Waals surface area contributed by atoms with E-state index in [2.05, 4.69) is 31.9 Å². The molecule has 4 heteroatoms. The van der Waals surface area contributed by atoms with Gasteiger partial charge in [-0.15, -0.1) is 0 Å². The first kappa shape index (κ1) is 17.0. The minimum absolute atomic E-state index is 0.110. The molecular weight excluding hydrogens is 226 g/mol. The van der Waals surface area contributed by atoms with Crippen molar-refractivity contribution in [2.24, 2.45) is 11.5 Å². The quantitative estimate of drug-likeness (QED) is 0.437. The maximum absolute atomic E-state index is 5.98. The molecule has 0 aromatic carbocycles. The van der Waals surface area contributed by atoms with Gasteiger partial charge in [-0.05, 0) is 33.2 Å². The van der Waals surface area contributed by atoms with Gasteiger partial charge in [0.1, 0.15) is 12.4 Å². The maximum Gasteiger partial charge on any atom is 0.127 e. The summed E-state index contributed by atoms with van der Waals surface area (Å²) in [6, 6.07) is -0.110. The van der Waals surface area contributed by atoms with Gasteiger partial charge < -0.3 is 21.1 Å². The topological polar surface area (TPSA) is 64.5 Å². The van der Waals surface area contributed by atoms with Crippen LogP contribution in [0.25, 0.3) is 0 Å². The number of nitrogens with zero attached hydrogens (tertiary/aromatic N) is 1. The van der Waals surface area contributed by atoms with Crippen LogP contribution < -0.4 is 11.5 Å². The molecule has 4 N–H and O–H groups in total. The normalized spacial score (nSPS) is 12.0. The molecule has 1 atom stereocenters. The van der Waals surface area contributed by atoms with E-state index in [4.69, 9.17) is 16.2 Å². The van der Waals surface area contributed by atoms with Crippen LogP contribution in [-0.4, -0.2) is 37.2 Å². The standard InChI is InChI=1S/C14H29N3O/c1-5-17(6-2)12(3)11-18-13(4)14(16)9-7-8-10-15/h14H,3-11,15-16H2,1-2H3/t14-/m0/s1. The summed E-state index contributed by atoms with van der Waals surface area (Å²) in [6.45, 7) is 15.1. The van der Waals surface area contributed by atoms with Gasteiger partial charge in [-0.3, -0.25) is 0 Å². The molecule has 0 fully saturated rings. The summed E-state index contributed by atoms with van der Waals surface area (Å²) in [5, 5.41) is 0. The van der Waals surface area contributed by atoms with E-state index >= 15 is 0 Å². The Labute approximate surface area is 112 Å². The van der Waals surface area contributed by atoms with Gasteiger partial charge in [-0.1, -0.05) is 19.6 Å². The molecular formula is C14H29N3O. The molecule has 0 rings (SSSR count). The molecule has 0 aromatic rings. The Hall–Kier alpha value is -1.00. The molecule has 0 amide bonds. The lowest BCUT2D eigenvalue weighted by Gasteiger charge is -2.24. The summed E-state index contributed by atoms with van der Waals surface area (Å²) in [5.41, 5.74) is 12.4. The highest BCUT2D eigenvalue weighted by atomic mass is 16.5. The highest BCUT2D eigenvalue weighted by Crippen LogP contribution is 2.10. The zero-order valence-corrected chi connectivity index (χ0v) is 12.0. The van der Waals surface area contributed by atoms with Crippen LogP contribution in [0.4, 0.5) is 0 Å². The summed E-state index contributed by atoms with van der Waals surface area (Å²) in [5.74, 6) is 0.639. The van der Waals surface area contributed by atoms with Gasteiger partial charge in [0.2, 0.25) is 0 Å². The van der Waals surface area contributed by atoms with E-state index in [1.807, 2.05) is 0 Å². The van der Waals surface area contributed by atoms with Crippen LogP contribution in [-0.2, 0) is 4.74 Å². The van der Waals surface area contributed by atoms with Gasteiger partial charge in [0.05, 0.1) is 6.04 Å². The average Bonchev–Trinajstić information content (AvgIpc) is 2.37. The fourth-order valence-corrected chi connectivity index (χ4v) is 1.71. The van der Waals surface area contributed by atoms with Gasteiger partial charge in [-0.25, -0.2) is 0 Å². The first-order valence-electron chi connectivity index (χ1n) is 6.76. The Balaban J connectivity index is 3.90.